The summed E-state index contributed by atoms with van der Waals surface area (Å²) in [5, 5.41) is 9.94. The fraction of sp³-hybridized carbons (Fsp3) is 0.625. The minimum Gasteiger partial charge on any atom is -0.389 e. The molecule has 0 aliphatic carbocycles. The Balaban J connectivity index is 2.32. The predicted octanol–water partition coefficient (Wildman–Crippen LogP) is 3.90. The maximum absolute atomic E-state index is 9.94. The van der Waals surface area contributed by atoms with Crippen LogP contribution in [0.3, 0.4) is 0 Å². The van der Waals surface area contributed by atoms with E-state index in [9.17, 15) is 5.11 Å². The Morgan fingerprint density at radius 3 is 2.78 bits per heavy atom. The van der Waals surface area contributed by atoms with Gasteiger partial charge in [0.1, 0.15) is 0 Å². The van der Waals surface area contributed by atoms with Gasteiger partial charge in [0.2, 0.25) is 0 Å². The second-order valence-corrected chi connectivity index (χ2v) is 5.34. The zero-order chi connectivity index (χ0) is 13.0. The molecule has 0 radical (unpaired) electrons. The number of hydrogen-bond acceptors (Lipinski definition) is 2. The highest BCUT2D eigenvalue weighted by Gasteiger charge is 2.22. The minimum atomic E-state index is -0.387. The molecule has 1 aliphatic rings. The summed E-state index contributed by atoms with van der Waals surface area (Å²) in [5.74, 6) is 0. The summed E-state index contributed by atoms with van der Waals surface area (Å²) in [5.41, 5.74) is 2.30. The van der Waals surface area contributed by atoms with Crippen LogP contribution in [-0.2, 0) is 0 Å². The van der Waals surface area contributed by atoms with Gasteiger partial charge in [-0.05, 0) is 32.3 Å². The van der Waals surface area contributed by atoms with Gasteiger partial charge in [-0.3, -0.25) is 0 Å². The van der Waals surface area contributed by atoms with E-state index in [1.807, 2.05) is 13.0 Å². The molecule has 1 heterocycles. The number of para-hydroxylation sites is 1. The molecule has 2 heteroatoms. The monoisotopic (exact) mass is 247 g/mol. The van der Waals surface area contributed by atoms with E-state index in [1.165, 1.54) is 37.8 Å². The maximum atomic E-state index is 9.94. The van der Waals surface area contributed by atoms with Crippen LogP contribution in [-0.4, -0.2) is 17.7 Å². The van der Waals surface area contributed by atoms with Crippen molar-refractivity contribution >= 4 is 5.69 Å². The van der Waals surface area contributed by atoms with E-state index in [0.29, 0.717) is 6.04 Å². The van der Waals surface area contributed by atoms with E-state index >= 15 is 0 Å². The third-order valence-electron chi connectivity index (χ3n) is 4.04. The normalized spacial score (nSPS) is 22.6. The van der Waals surface area contributed by atoms with E-state index in [-0.39, 0.29) is 6.10 Å². The van der Waals surface area contributed by atoms with Crippen LogP contribution >= 0.6 is 0 Å². The van der Waals surface area contributed by atoms with Crippen LogP contribution in [0.4, 0.5) is 5.69 Å². The average molecular weight is 247 g/mol. The second-order valence-electron chi connectivity index (χ2n) is 5.34. The molecule has 100 valence electrons. The van der Waals surface area contributed by atoms with Crippen LogP contribution < -0.4 is 4.90 Å². The number of nitrogens with zero attached hydrogens (tertiary/aromatic N) is 1. The summed E-state index contributed by atoms with van der Waals surface area (Å²) in [6, 6.07) is 8.95. The van der Waals surface area contributed by atoms with Gasteiger partial charge >= 0.3 is 0 Å². The van der Waals surface area contributed by atoms with Crippen molar-refractivity contribution in [1.29, 1.82) is 0 Å². The first-order valence-electron chi connectivity index (χ1n) is 7.27. The van der Waals surface area contributed by atoms with Gasteiger partial charge in [-0.1, -0.05) is 38.0 Å². The molecule has 1 aliphatic heterocycles. The minimum absolute atomic E-state index is 0.387. The SMILES string of the molecule is CCC1CCCCCN1c1ccccc1[C@@H](C)O. The van der Waals surface area contributed by atoms with Crippen molar-refractivity contribution < 1.29 is 5.11 Å². The lowest BCUT2D eigenvalue weighted by Gasteiger charge is -2.33. The van der Waals surface area contributed by atoms with Crippen molar-refractivity contribution in [2.45, 2.75) is 58.1 Å². The molecular formula is C16H25NO. The molecule has 1 saturated heterocycles. The summed E-state index contributed by atoms with van der Waals surface area (Å²) in [7, 11) is 0. The van der Waals surface area contributed by atoms with Gasteiger partial charge < -0.3 is 10.0 Å². The fourth-order valence-electron chi connectivity index (χ4n) is 3.02. The van der Waals surface area contributed by atoms with Gasteiger partial charge in [-0.2, -0.15) is 0 Å². The first-order valence-corrected chi connectivity index (χ1v) is 7.27. The van der Waals surface area contributed by atoms with Gasteiger partial charge in [-0.25, -0.2) is 0 Å². The molecule has 0 saturated carbocycles. The summed E-state index contributed by atoms with van der Waals surface area (Å²) < 4.78 is 0. The Bertz CT molecular complexity index is 375. The zero-order valence-electron chi connectivity index (χ0n) is 11.6. The number of aliphatic hydroxyl groups excluding tert-OH is 1. The lowest BCUT2D eigenvalue weighted by atomic mass is 10.0. The lowest BCUT2D eigenvalue weighted by molar-refractivity contribution is 0.199. The zero-order valence-corrected chi connectivity index (χ0v) is 11.6. The van der Waals surface area contributed by atoms with Crippen LogP contribution in [0.5, 0.6) is 0 Å². The van der Waals surface area contributed by atoms with Crippen LogP contribution in [0.15, 0.2) is 24.3 Å². The molecule has 1 aromatic rings. The highest BCUT2D eigenvalue weighted by molar-refractivity contribution is 5.55. The summed E-state index contributed by atoms with van der Waals surface area (Å²) in [6.45, 7) is 5.26. The van der Waals surface area contributed by atoms with Crippen molar-refractivity contribution in [1.82, 2.24) is 0 Å². The molecule has 2 atom stereocenters. The molecule has 2 rings (SSSR count). The van der Waals surface area contributed by atoms with Gasteiger partial charge in [0.25, 0.3) is 0 Å². The molecule has 0 aromatic heterocycles. The first-order chi connectivity index (χ1) is 8.74. The summed E-state index contributed by atoms with van der Waals surface area (Å²) in [4.78, 5) is 2.52. The van der Waals surface area contributed by atoms with Crippen molar-refractivity contribution in [2.24, 2.45) is 0 Å². The highest BCUT2D eigenvalue weighted by Crippen LogP contribution is 2.31. The quantitative estimate of drug-likeness (QED) is 0.875. The number of anilines is 1. The summed E-state index contributed by atoms with van der Waals surface area (Å²) >= 11 is 0. The third kappa shape index (κ3) is 2.86. The molecule has 0 bridgehead atoms. The van der Waals surface area contributed by atoms with Gasteiger partial charge in [0, 0.05) is 23.8 Å². The van der Waals surface area contributed by atoms with Crippen molar-refractivity contribution in [3.63, 3.8) is 0 Å². The number of benzene rings is 1. The van der Waals surface area contributed by atoms with E-state index < -0.39 is 0 Å². The molecule has 1 N–H and O–H groups in total. The first kappa shape index (κ1) is 13.4. The largest absolute Gasteiger partial charge is 0.389 e. The van der Waals surface area contributed by atoms with E-state index in [2.05, 4.69) is 30.0 Å². The molecule has 18 heavy (non-hydrogen) atoms. The Morgan fingerprint density at radius 2 is 2.06 bits per heavy atom. The number of hydrogen-bond donors (Lipinski definition) is 1. The predicted molar refractivity (Wildman–Crippen MR) is 77.0 cm³/mol. The lowest BCUT2D eigenvalue weighted by Crippen LogP contribution is -2.35. The second kappa shape index (κ2) is 6.24. The third-order valence-corrected chi connectivity index (χ3v) is 4.04. The molecule has 1 fully saturated rings. The molecule has 1 aromatic carbocycles. The van der Waals surface area contributed by atoms with Crippen molar-refractivity contribution in [3.8, 4) is 0 Å². The van der Waals surface area contributed by atoms with E-state index in [4.69, 9.17) is 0 Å². The molecule has 0 amide bonds. The van der Waals surface area contributed by atoms with Crippen LogP contribution in [0.25, 0.3) is 0 Å². The van der Waals surface area contributed by atoms with E-state index in [1.54, 1.807) is 0 Å². The Morgan fingerprint density at radius 1 is 1.28 bits per heavy atom. The smallest absolute Gasteiger partial charge is 0.0781 e. The van der Waals surface area contributed by atoms with E-state index in [0.717, 1.165) is 12.1 Å². The maximum Gasteiger partial charge on any atom is 0.0781 e. The molecule has 0 spiro atoms. The standard InChI is InChI=1S/C16H25NO/c1-3-14-9-5-4-8-12-17(14)16-11-7-6-10-15(16)13(2)18/h6-7,10-11,13-14,18H,3-5,8-9,12H2,1-2H3/t13-,14?/m1/s1. The Kier molecular flexibility index (Phi) is 4.65. The van der Waals surface area contributed by atoms with Crippen LogP contribution in [0.2, 0.25) is 0 Å². The van der Waals surface area contributed by atoms with Gasteiger partial charge in [0.15, 0.2) is 0 Å². The molecule has 2 nitrogen and oxygen atoms in total. The summed E-state index contributed by atoms with van der Waals surface area (Å²) in [6.07, 6.45) is 6.03. The van der Waals surface area contributed by atoms with Gasteiger partial charge in [0.05, 0.1) is 6.10 Å². The van der Waals surface area contributed by atoms with Crippen LogP contribution in [0, 0.1) is 0 Å². The fourth-order valence-corrected chi connectivity index (χ4v) is 3.02. The van der Waals surface area contributed by atoms with Crippen LogP contribution in [0.1, 0.15) is 57.6 Å². The Labute approximate surface area is 111 Å². The Hall–Kier alpha value is -1.02. The number of rotatable bonds is 3. The van der Waals surface area contributed by atoms with Crippen molar-refractivity contribution in [3.05, 3.63) is 29.8 Å². The number of aliphatic hydroxyl groups is 1. The average Bonchev–Trinajstić information content (AvgIpc) is 2.63. The van der Waals surface area contributed by atoms with Crippen molar-refractivity contribution in [2.75, 3.05) is 11.4 Å². The van der Waals surface area contributed by atoms with Gasteiger partial charge in [-0.15, -0.1) is 0 Å². The molecule has 1 unspecified atom stereocenters. The molecular weight excluding hydrogens is 222 g/mol. The highest BCUT2D eigenvalue weighted by atomic mass is 16.3. The topological polar surface area (TPSA) is 23.5 Å².